The predicted molar refractivity (Wildman–Crippen MR) is 195 cm³/mol. The molecule has 4 fully saturated rings. The molecule has 2 saturated carbocycles. The van der Waals surface area contributed by atoms with Crippen LogP contribution in [0.2, 0.25) is 18.1 Å². The van der Waals surface area contributed by atoms with Crippen molar-refractivity contribution >= 4 is 69.3 Å². The van der Waals surface area contributed by atoms with Crippen LogP contribution >= 0.6 is 26.9 Å². The summed E-state index contributed by atoms with van der Waals surface area (Å²) in [5.41, 5.74) is 10.8. The number of nitrogen functional groups attached to an aromatic ring is 2. The van der Waals surface area contributed by atoms with E-state index in [1.807, 2.05) is 4.57 Å². The summed E-state index contributed by atoms with van der Waals surface area (Å²) < 4.78 is 74.1. The Balaban J connectivity index is 1.20. The Morgan fingerprint density at radius 3 is 2.59 bits per heavy atom. The van der Waals surface area contributed by atoms with E-state index in [9.17, 15) is 18.8 Å². The molecule has 8 rings (SSSR count). The molecular formula is C28H41N11O11P2SSi. The molecule has 2 saturated heterocycles. The third kappa shape index (κ3) is 6.23. The Morgan fingerprint density at radius 1 is 1.11 bits per heavy atom. The Labute approximate surface area is 313 Å². The molecule has 0 aromatic carbocycles. The fourth-order valence-electron chi connectivity index (χ4n) is 7.57. The number of fused-ring (bicyclic) bond motifs is 4. The average molecular weight is 830 g/mol. The minimum atomic E-state index is -4.99. The molecule has 4 aromatic heterocycles. The molecule has 26 heteroatoms. The number of imidazole rings is 1. The van der Waals surface area contributed by atoms with Gasteiger partial charge in [-0.05, 0) is 30.5 Å². The number of nitrogens with two attached hydrogens (primary N) is 2. The van der Waals surface area contributed by atoms with Crippen LogP contribution in [-0.2, 0) is 41.1 Å². The number of anilines is 2. The molecule has 2 unspecified atom stereocenters. The number of aromatic nitrogens is 9. The Morgan fingerprint density at radius 2 is 1.87 bits per heavy atom. The number of nitrogens with zero attached hydrogens (tertiary/aromatic N) is 8. The van der Waals surface area contributed by atoms with Crippen molar-refractivity contribution in [2.75, 3.05) is 31.8 Å². The highest BCUT2D eigenvalue weighted by molar-refractivity contribution is 8.44. The SMILES string of the molecule is CO[C@H]1[C@H]2OP(=O)(O)OC[C@@]34C[C@@H]3[C@@H](n3cnc5c(N)ncnc53)C(O[Si](C)(C)C(C)(C)C)[C@@H]4O[P@@](=O)(S)OC[C@H]1O[C@H]2n1nnc2c(=O)[nH]c(N)nc21. The number of nitrogens with one attached hydrogen (secondary N) is 1. The number of rotatable bonds is 5. The van der Waals surface area contributed by atoms with E-state index in [-0.39, 0.29) is 40.5 Å². The van der Waals surface area contributed by atoms with Crippen molar-refractivity contribution in [1.82, 2.24) is 44.5 Å². The Kier molecular flexibility index (Phi) is 9.04. The van der Waals surface area contributed by atoms with Crippen molar-refractivity contribution in [2.45, 2.75) is 88.1 Å². The van der Waals surface area contributed by atoms with Gasteiger partial charge in [-0.1, -0.05) is 38.2 Å². The molecule has 54 heavy (non-hydrogen) atoms. The lowest BCUT2D eigenvalue weighted by atomic mass is 10.0. The van der Waals surface area contributed by atoms with E-state index in [1.165, 1.54) is 13.4 Å². The number of hydrogen-bond acceptors (Lipinski definition) is 18. The molecule has 0 amide bonds. The van der Waals surface area contributed by atoms with Crippen molar-refractivity contribution in [3.05, 3.63) is 23.0 Å². The highest BCUT2D eigenvalue weighted by atomic mass is 32.7. The first-order chi connectivity index (χ1) is 25.3. The van der Waals surface area contributed by atoms with Crippen LogP contribution < -0.4 is 17.0 Å². The summed E-state index contributed by atoms with van der Waals surface area (Å²) in [5, 5.41) is 7.62. The third-order valence-corrected chi connectivity index (χ3v) is 18.3. The molecule has 1 spiro atoms. The standard InChI is InChI=1S/C28H41N11O11P2SSi/c1-27(2,3)54(5,6)50-18-16(38-11-33-14-21(29)31-10-32-22(14)38)12-7-28(12)9-46-51(41,42)48-19-17(44-4)13(8-45-52(43,53)49-20(18)28)47-25(19)39-23-15(36-37-39)24(40)35-26(30)34-23/h10-13,16-20,25H,7-9H2,1-6H3,(H,41,42)(H,43,53)(H2,29,31,32)(H3,30,34,35,40)/t12-,13-,16-,17-,18?,19-,20+,25-,28+,52+/m1/s1. The lowest BCUT2D eigenvalue weighted by Crippen LogP contribution is -2.50. The first-order valence-electron chi connectivity index (χ1n) is 17.0. The Bertz CT molecular complexity index is 2290. The first-order valence-corrected chi connectivity index (χ1v) is 24.1. The van der Waals surface area contributed by atoms with Gasteiger partial charge in [0.1, 0.15) is 36.3 Å². The molecule has 2 bridgehead atoms. The fraction of sp³-hybridized carbons (Fsp3) is 0.679. The number of aromatic amines is 1. The largest absolute Gasteiger partial charge is 0.472 e. The van der Waals surface area contributed by atoms with Gasteiger partial charge in [0.2, 0.25) is 5.95 Å². The molecule has 22 nitrogen and oxygen atoms in total. The molecule has 4 aromatic rings. The van der Waals surface area contributed by atoms with Crippen LogP contribution in [0.5, 0.6) is 0 Å². The van der Waals surface area contributed by atoms with Crippen LogP contribution in [0.15, 0.2) is 17.4 Å². The number of ether oxygens (including phenoxy) is 2. The first kappa shape index (κ1) is 38.0. The fourth-order valence-corrected chi connectivity index (χ4v) is 11.4. The van der Waals surface area contributed by atoms with Crippen molar-refractivity contribution < 1.29 is 46.0 Å². The molecule has 0 radical (unpaired) electrons. The molecule has 2 aliphatic carbocycles. The maximum Gasteiger partial charge on any atom is 0.472 e. The molecule has 6 heterocycles. The lowest BCUT2D eigenvalue weighted by molar-refractivity contribution is -0.0639. The van der Waals surface area contributed by atoms with Gasteiger partial charge >= 0.3 is 14.6 Å². The maximum absolute atomic E-state index is 14.3. The average Bonchev–Trinajstić information content (AvgIpc) is 3.37. The van der Waals surface area contributed by atoms with Gasteiger partial charge in [-0.3, -0.25) is 27.9 Å². The van der Waals surface area contributed by atoms with Gasteiger partial charge in [0, 0.05) is 12.5 Å². The van der Waals surface area contributed by atoms with Crippen molar-refractivity contribution in [3.8, 4) is 0 Å². The summed E-state index contributed by atoms with van der Waals surface area (Å²) in [6, 6.07) is -0.530. The number of methoxy groups -OCH3 is 1. The molecule has 4 aliphatic rings. The highest BCUT2D eigenvalue weighted by Crippen LogP contribution is 2.74. The number of thiol groups is 1. The smallest absolute Gasteiger partial charge is 0.409 e. The summed E-state index contributed by atoms with van der Waals surface area (Å²) in [5.74, 6) is -0.369. The van der Waals surface area contributed by atoms with E-state index < -0.39 is 83.3 Å². The summed E-state index contributed by atoms with van der Waals surface area (Å²) >= 11 is 4.42. The van der Waals surface area contributed by atoms with Gasteiger partial charge in [-0.25, -0.2) is 24.1 Å². The van der Waals surface area contributed by atoms with Gasteiger partial charge in [0.05, 0.1) is 31.7 Å². The number of hydrogen-bond donors (Lipinski definition) is 5. The molecule has 294 valence electrons. The zero-order chi connectivity index (χ0) is 38.7. The lowest BCUT2D eigenvalue weighted by Gasteiger charge is -2.43. The summed E-state index contributed by atoms with van der Waals surface area (Å²) in [4.78, 5) is 43.4. The van der Waals surface area contributed by atoms with Gasteiger partial charge < -0.3 is 34.8 Å². The van der Waals surface area contributed by atoms with Crippen molar-refractivity contribution in [3.63, 3.8) is 0 Å². The predicted octanol–water partition coefficient (Wildman–Crippen LogP) is 2.34. The minimum absolute atomic E-state index is 0.101. The second-order valence-electron chi connectivity index (χ2n) is 15.5. The summed E-state index contributed by atoms with van der Waals surface area (Å²) in [6.07, 6.45) is -3.56. The van der Waals surface area contributed by atoms with Gasteiger partial charge in [0.15, 0.2) is 37.2 Å². The molecule has 11 atom stereocenters. The van der Waals surface area contributed by atoms with E-state index in [0.717, 1.165) is 4.68 Å². The topological polar surface area (TPSA) is 291 Å². The normalized spacial score (nSPS) is 37.4. The molecule has 6 N–H and O–H groups in total. The van der Waals surface area contributed by atoms with Crippen LogP contribution in [0.1, 0.15) is 39.5 Å². The van der Waals surface area contributed by atoms with Crippen molar-refractivity contribution in [1.29, 1.82) is 0 Å². The van der Waals surface area contributed by atoms with Gasteiger partial charge in [0.25, 0.3) is 5.56 Å². The van der Waals surface area contributed by atoms with E-state index in [2.05, 4.69) is 81.3 Å². The van der Waals surface area contributed by atoms with E-state index in [4.69, 9.17) is 43.5 Å². The second kappa shape index (κ2) is 12.8. The van der Waals surface area contributed by atoms with Gasteiger partial charge in [-0.2, -0.15) is 9.67 Å². The van der Waals surface area contributed by atoms with E-state index >= 15 is 0 Å². The van der Waals surface area contributed by atoms with Crippen LogP contribution in [-0.4, -0.2) is 109 Å². The van der Waals surface area contributed by atoms with Crippen molar-refractivity contribution in [2.24, 2.45) is 11.3 Å². The van der Waals surface area contributed by atoms with Crippen LogP contribution in [0.3, 0.4) is 0 Å². The quantitative estimate of drug-likeness (QED) is 0.110. The summed E-state index contributed by atoms with van der Waals surface area (Å²) in [7, 11) is -6.28. The van der Waals surface area contributed by atoms with Crippen LogP contribution in [0.4, 0.5) is 11.8 Å². The maximum atomic E-state index is 14.3. The Hall–Kier alpha value is -2.86. The minimum Gasteiger partial charge on any atom is -0.409 e. The van der Waals surface area contributed by atoms with E-state index in [1.54, 1.807) is 6.33 Å². The number of phosphoric acid groups is 1. The molecule has 2 aliphatic heterocycles. The summed E-state index contributed by atoms with van der Waals surface area (Å²) in [6.45, 7) is 5.27. The van der Waals surface area contributed by atoms with Crippen LogP contribution in [0.25, 0.3) is 22.3 Å². The second-order valence-corrected chi connectivity index (χ2v) is 24.5. The number of H-pyrrole nitrogens is 1. The van der Waals surface area contributed by atoms with Crippen LogP contribution in [0, 0.1) is 11.3 Å². The monoisotopic (exact) mass is 829 g/mol. The number of phosphoric ester groups is 1. The molecular weight excluding hydrogens is 788 g/mol. The highest BCUT2D eigenvalue weighted by Gasteiger charge is 2.75. The zero-order valence-electron chi connectivity index (χ0n) is 30.0. The third-order valence-electron chi connectivity index (χ3n) is 11.3. The zero-order valence-corrected chi connectivity index (χ0v) is 33.7. The van der Waals surface area contributed by atoms with E-state index in [0.29, 0.717) is 17.6 Å². The van der Waals surface area contributed by atoms with Gasteiger partial charge in [-0.15, -0.1) is 5.10 Å².